The van der Waals surface area contributed by atoms with Crippen molar-refractivity contribution in [3.05, 3.63) is 12.2 Å². The molecule has 0 aromatic heterocycles. The average molecular weight is 196 g/mol. The van der Waals surface area contributed by atoms with Gasteiger partial charge < -0.3 is 4.74 Å². The number of hydrogen-bond acceptors (Lipinski definition) is 2. The monoisotopic (exact) mass is 196 g/mol. The third-order valence-electron chi connectivity index (χ3n) is 3.32. The lowest BCUT2D eigenvalue weighted by Crippen LogP contribution is -2.29. The Morgan fingerprint density at radius 3 is 2.57 bits per heavy atom. The summed E-state index contributed by atoms with van der Waals surface area (Å²) in [5, 5.41) is 0. The minimum absolute atomic E-state index is 0.0208. The highest BCUT2D eigenvalue weighted by molar-refractivity contribution is 5.91. The fourth-order valence-electron chi connectivity index (χ4n) is 1.94. The Bertz CT molecular complexity index is 255. The van der Waals surface area contributed by atoms with Gasteiger partial charge in [0, 0.05) is 11.0 Å². The number of rotatable bonds is 3. The van der Waals surface area contributed by atoms with Crippen LogP contribution in [0.3, 0.4) is 0 Å². The van der Waals surface area contributed by atoms with Crippen LogP contribution in [0.2, 0.25) is 0 Å². The van der Waals surface area contributed by atoms with E-state index in [2.05, 4.69) is 34.3 Å². The topological polar surface area (TPSA) is 26.3 Å². The first kappa shape index (κ1) is 11.3. The van der Waals surface area contributed by atoms with Gasteiger partial charge in [0.2, 0.25) is 0 Å². The number of carbonyl (C=O) groups excluding carboxylic acids is 1. The van der Waals surface area contributed by atoms with E-state index >= 15 is 0 Å². The van der Waals surface area contributed by atoms with E-state index in [1.807, 2.05) is 0 Å². The van der Waals surface area contributed by atoms with Crippen LogP contribution >= 0.6 is 0 Å². The van der Waals surface area contributed by atoms with E-state index in [-0.39, 0.29) is 17.5 Å². The summed E-state index contributed by atoms with van der Waals surface area (Å²) in [6.45, 7) is 12.3. The number of cyclic esters (lactones) is 1. The summed E-state index contributed by atoms with van der Waals surface area (Å²) in [6, 6.07) is 0. The van der Waals surface area contributed by atoms with E-state index < -0.39 is 0 Å². The van der Waals surface area contributed by atoms with Crippen LogP contribution < -0.4 is 0 Å². The van der Waals surface area contributed by atoms with E-state index in [1.54, 1.807) is 0 Å². The van der Waals surface area contributed by atoms with E-state index in [0.717, 1.165) is 12.8 Å². The quantitative estimate of drug-likeness (QED) is 0.512. The number of esters is 1. The summed E-state index contributed by atoms with van der Waals surface area (Å²) >= 11 is 0. The second kappa shape index (κ2) is 3.76. The van der Waals surface area contributed by atoms with Gasteiger partial charge in [0.1, 0.15) is 6.10 Å². The van der Waals surface area contributed by atoms with Gasteiger partial charge in [-0.15, -0.1) is 0 Å². The van der Waals surface area contributed by atoms with Crippen LogP contribution in [0.15, 0.2) is 12.2 Å². The molecule has 0 bridgehead atoms. The summed E-state index contributed by atoms with van der Waals surface area (Å²) < 4.78 is 5.35. The van der Waals surface area contributed by atoms with Crippen molar-refractivity contribution in [1.29, 1.82) is 0 Å². The van der Waals surface area contributed by atoms with Crippen molar-refractivity contribution < 1.29 is 9.53 Å². The molecule has 1 aliphatic heterocycles. The lowest BCUT2D eigenvalue weighted by atomic mass is 9.75. The van der Waals surface area contributed by atoms with Crippen molar-refractivity contribution in [1.82, 2.24) is 0 Å². The first-order chi connectivity index (χ1) is 6.41. The largest absolute Gasteiger partial charge is 0.458 e. The Hall–Kier alpha value is -0.790. The van der Waals surface area contributed by atoms with Crippen LogP contribution in [0.1, 0.15) is 40.5 Å². The molecule has 1 aliphatic rings. The summed E-state index contributed by atoms with van der Waals surface area (Å²) in [5.74, 6) is 0.338. The third-order valence-corrected chi connectivity index (χ3v) is 3.32. The SMILES string of the molecule is C=C1C(=O)O[C@@H](CC(C)C)[C@]1(C)CC. The Balaban J connectivity index is 2.86. The lowest BCUT2D eigenvalue weighted by Gasteiger charge is -2.28. The molecule has 1 saturated heterocycles. The molecule has 0 N–H and O–H groups in total. The maximum Gasteiger partial charge on any atom is 0.334 e. The Morgan fingerprint density at radius 2 is 2.14 bits per heavy atom. The van der Waals surface area contributed by atoms with Crippen molar-refractivity contribution in [3.8, 4) is 0 Å². The predicted molar refractivity (Wildman–Crippen MR) is 56.9 cm³/mol. The molecule has 0 aromatic rings. The van der Waals surface area contributed by atoms with Gasteiger partial charge in [0.25, 0.3) is 0 Å². The van der Waals surface area contributed by atoms with Crippen molar-refractivity contribution in [2.24, 2.45) is 11.3 Å². The Kier molecular flexibility index (Phi) is 3.03. The number of hydrogen-bond donors (Lipinski definition) is 0. The molecule has 14 heavy (non-hydrogen) atoms. The predicted octanol–water partition coefficient (Wildman–Crippen LogP) is 2.93. The second-order valence-electron chi connectivity index (χ2n) is 4.77. The maximum atomic E-state index is 11.4. The van der Waals surface area contributed by atoms with Gasteiger partial charge in [-0.05, 0) is 18.8 Å². The minimum atomic E-state index is -0.208. The number of carbonyl (C=O) groups is 1. The molecule has 1 heterocycles. The van der Waals surface area contributed by atoms with Crippen molar-refractivity contribution in [2.45, 2.75) is 46.6 Å². The molecule has 0 aromatic carbocycles. The van der Waals surface area contributed by atoms with Crippen LogP contribution in [-0.4, -0.2) is 12.1 Å². The molecule has 2 heteroatoms. The van der Waals surface area contributed by atoms with Crippen LogP contribution in [0.5, 0.6) is 0 Å². The summed E-state index contributed by atoms with van der Waals surface area (Å²) in [7, 11) is 0. The van der Waals surface area contributed by atoms with Gasteiger partial charge in [-0.1, -0.05) is 34.3 Å². The highest BCUT2D eigenvalue weighted by atomic mass is 16.6. The van der Waals surface area contributed by atoms with Gasteiger partial charge in [-0.2, -0.15) is 0 Å². The van der Waals surface area contributed by atoms with Crippen molar-refractivity contribution in [3.63, 3.8) is 0 Å². The van der Waals surface area contributed by atoms with E-state index in [9.17, 15) is 4.79 Å². The zero-order chi connectivity index (χ0) is 10.9. The minimum Gasteiger partial charge on any atom is -0.458 e. The normalized spacial score (nSPS) is 32.5. The molecule has 2 nitrogen and oxygen atoms in total. The summed E-state index contributed by atoms with van der Waals surface area (Å²) in [5.41, 5.74) is 0.493. The van der Waals surface area contributed by atoms with Gasteiger partial charge in [0.05, 0.1) is 0 Å². The molecular formula is C12H20O2. The molecule has 0 unspecified atom stereocenters. The zero-order valence-corrected chi connectivity index (χ0v) is 9.59. The van der Waals surface area contributed by atoms with E-state index in [4.69, 9.17) is 4.74 Å². The second-order valence-corrected chi connectivity index (χ2v) is 4.77. The van der Waals surface area contributed by atoms with E-state index in [0.29, 0.717) is 11.5 Å². The van der Waals surface area contributed by atoms with Gasteiger partial charge in [-0.3, -0.25) is 0 Å². The molecule has 80 valence electrons. The van der Waals surface area contributed by atoms with Crippen LogP contribution in [-0.2, 0) is 9.53 Å². The molecule has 0 amide bonds. The lowest BCUT2D eigenvalue weighted by molar-refractivity contribution is -0.140. The smallest absolute Gasteiger partial charge is 0.334 e. The highest BCUT2D eigenvalue weighted by Gasteiger charge is 2.47. The van der Waals surface area contributed by atoms with Gasteiger partial charge >= 0.3 is 5.97 Å². The fraction of sp³-hybridized carbons (Fsp3) is 0.750. The summed E-state index contributed by atoms with van der Waals surface area (Å²) in [4.78, 5) is 11.4. The summed E-state index contributed by atoms with van der Waals surface area (Å²) in [6.07, 6.45) is 1.86. The molecule has 0 saturated carbocycles. The van der Waals surface area contributed by atoms with Gasteiger partial charge in [-0.25, -0.2) is 4.79 Å². The molecule has 1 rings (SSSR count). The highest BCUT2D eigenvalue weighted by Crippen LogP contribution is 2.44. The first-order valence-corrected chi connectivity index (χ1v) is 5.32. The van der Waals surface area contributed by atoms with Gasteiger partial charge in [0.15, 0.2) is 0 Å². The van der Waals surface area contributed by atoms with Crippen LogP contribution in [0.4, 0.5) is 0 Å². The maximum absolute atomic E-state index is 11.4. The molecule has 0 aliphatic carbocycles. The number of ether oxygens (including phenoxy) is 1. The first-order valence-electron chi connectivity index (χ1n) is 5.32. The average Bonchev–Trinajstić information content (AvgIpc) is 2.31. The standard InChI is InChI=1S/C12H20O2/c1-6-12(5)9(4)11(13)14-10(12)7-8(2)3/h8,10H,4,6-7H2,1-3,5H3/t10-,12+/m0/s1. The fourth-order valence-corrected chi connectivity index (χ4v) is 1.94. The van der Waals surface area contributed by atoms with Crippen molar-refractivity contribution in [2.75, 3.05) is 0 Å². The molecule has 0 spiro atoms. The molecule has 1 fully saturated rings. The zero-order valence-electron chi connectivity index (χ0n) is 9.59. The molecule has 0 radical (unpaired) electrons. The molecule has 2 atom stereocenters. The van der Waals surface area contributed by atoms with Crippen LogP contribution in [0.25, 0.3) is 0 Å². The molecular weight excluding hydrogens is 176 g/mol. The Labute approximate surface area is 86.3 Å². The Morgan fingerprint density at radius 1 is 1.57 bits per heavy atom. The van der Waals surface area contributed by atoms with Crippen LogP contribution in [0, 0.1) is 11.3 Å². The third kappa shape index (κ3) is 1.70. The van der Waals surface area contributed by atoms with Crippen molar-refractivity contribution >= 4 is 5.97 Å². The van der Waals surface area contributed by atoms with E-state index in [1.165, 1.54) is 0 Å².